The lowest BCUT2D eigenvalue weighted by molar-refractivity contribution is -0.142. The third-order valence-electron chi connectivity index (χ3n) is 2.58. The first-order valence-electron chi connectivity index (χ1n) is 5.11. The normalized spacial score (nSPS) is 10.1. The van der Waals surface area contributed by atoms with Gasteiger partial charge in [0.1, 0.15) is 12.4 Å². The van der Waals surface area contributed by atoms with Gasteiger partial charge in [-0.2, -0.15) is 0 Å². The Morgan fingerprint density at radius 3 is 2.38 bits per heavy atom. The summed E-state index contributed by atoms with van der Waals surface area (Å²) in [7, 11) is 1.63. The average molecular weight is 223 g/mol. The van der Waals surface area contributed by atoms with Crippen LogP contribution in [0, 0.1) is 20.8 Å². The van der Waals surface area contributed by atoms with Crippen LogP contribution in [-0.4, -0.2) is 18.1 Å². The number of hydrogen-bond acceptors (Lipinski definition) is 4. The van der Waals surface area contributed by atoms with Gasteiger partial charge in [-0.3, -0.25) is 9.78 Å². The molecule has 4 heteroatoms. The Bertz CT molecular complexity index is 413. The minimum atomic E-state index is -0.307. The van der Waals surface area contributed by atoms with E-state index in [1.807, 2.05) is 20.8 Å². The first-order chi connectivity index (χ1) is 7.47. The Morgan fingerprint density at radius 1 is 1.25 bits per heavy atom. The molecule has 1 aromatic heterocycles. The van der Waals surface area contributed by atoms with Gasteiger partial charge in [0, 0.05) is 23.7 Å². The first kappa shape index (κ1) is 12.5. The fourth-order valence-corrected chi connectivity index (χ4v) is 1.56. The van der Waals surface area contributed by atoms with Crippen molar-refractivity contribution in [1.82, 2.24) is 4.98 Å². The third-order valence-corrected chi connectivity index (χ3v) is 2.58. The lowest BCUT2D eigenvalue weighted by Gasteiger charge is -2.14. The largest absolute Gasteiger partial charge is 0.496 e. The summed E-state index contributed by atoms with van der Waals surface area (Å²) in [5, 5.41) is 0. The van der Waals surface area contributed by atoms with E-state index in [0.717, 1.165) is 28.3 Å². The van der Waals surface area contributed by atoms with E-state index in [4.69, 9.17) is 9.47 Å². The molecule has 16 heavy (non-hydrogen) atoms. The van der Waals surface area contributed by atoms with Crippen molar-refractivity contribution < 1.29 is 14.3 Å². The highest BCUT2D eigenvalue weighted by Crippen LogP contribution is 2.26. The summed E-state index contributed by atoms with van der Waals surface area (Å²) in [6.45, 7) is 7.36. The molecule has 0 aliphatic carbocycles. The number of rotatable bonds is 3. The van der Waals surface area contributed by atoms with Crippen LogP contribution in [0.25, 0.3) is 0 Å². The Morgan fingerprint density at radius 2 is 1.88 bits per heavy atom. The molecule has 0 atom stereocenters. The minimum absolute atomic E-state index is 0.193. The van der Waals surface area contributed by atoms with Crippen molar-refractivity contribution in [3.8, 4) is 5.75 Å². The number of aryl methyl sites for hydroxylation is 1. The Kier molecular flexibility index (Phi) is 3.88. The topological polar surface area (TPSA) is 48.4 Å². The zero-order valence-corrected chi connectivity index (χ0v) is 10.4. The smallest absolute Gasteiger partial charge is 0.303 e. The van der Waals surface area contributed by atoms with Gasteiger partial charge in [-0.1, -0.05) is 0 Å². The molecule has 0 bridgehead atoms. The summed E-state index contributed by atoms with van der Waals surface area (Å²) < 4.78 is 10.3. The number of carbonyl (C=O) groups excluding carboxylic acids is 1. The van der Waals surface area contributed by atoms with E-state index < -0.39 is 0 Å². The Balaban J connectivity index is 3.10. The highest BCUT2D eigenvalue weighted by atomic mass is 16.5. The van der Waals surface area contributed by atoms with Crippen LogP contribution >= 0.6 is 0 Å². The van der Waals surface area contributed by atoms with Crippen molar-refractivity contribution in [2.75, 3.05) is 7.11 Å². The third kappa shape index (κ3) is 2.51. The van der Waals surface area contributed by atoms with Gasteiger partial charge in [0.2, 0.25) is 0 Å². The molecule has 1 heterocycles. The van der Waals surface area contributed by atoms with E-state index in [9.17, 15) is 4.79 Å². The van der Waals surface area contributed by atoms with Crippen molar-refractivity contribution in [1.29, 1.82) is 0 Å². The van der Waals surface area contributed by atoms with Crippen molar-refractivity contribution >= 4 is 5.97 Å². The van der Waals surface area contributed by atoms with Crippen LogP contribution in [0.1, 0.15) is 29.4 Å². The fraction of sp³-hybridized carbons (Fsp3) is 0.500. The zero-order chi connectivity index (χ0) is 12.3. The average Bonchev–Trinajstić information content (AvgIpc) is 2.22. The summed E-state index contributed by atoms with van der Waals surface area (Å²) in [6, 6.07) is 0. The molecular formula is C12H17NO3. The van der Waals surface area contributed by atoms with Crippen molar-refractivity contribution in [3.05, 3.63) is 22.5 Å². The second-order valence-corrected chi connectivity index (χ2v) is 3.71. The number of methoxy groups -OCH3 is 1. The zero-order valence-electron chi connectivity index (χ0n) is 10.4. The monoisotopic (exact) mass is 223 g/mol. The van der Waals surface area contributed by atoms with Crippen LogP contribution in [0.2, 0.25) is 0 Å². The van der Waals surface area contributed by atoms with Gasteiger partial charge in [-0.15, -0.1) is 0 Å². The van der Waals surface area contributed by atoms with Gasteiger partial charge in [0.15, 0.2) is 0 Å². The number of pyridine rings is 1. The van der Waals surface area contributed by atoms with Crippen LogP contribution < -0.4 is 4.74 Å². The molecule has 0 aliphatic heterocycles. The summed E-state index contributed by atoms with van der Waals surface area (Å²) in [5.74, 6) is 0.507. The predicted octanol–water partition coefficient (Wildman–Crippen LogP) is 2.08. The SMILES string of the molecule is COc1c(C)c(C)nc(COC(C)=O)c1C. The Hall–Kier alpha value is -1.58. The maximum atomic E-state index is 10.8. The number of aromatic nitrogens is 1. The molecular weight excluding hydrogens is 206 g/mol. The molecule has 0 N–H and O–H groups in total. The molecule has 0 amide bonds. The number of nitrogens with zero attached hydrogens (tertiary/aromatic N) is 1. The summed E-state index contributed by atoms with van der Waals surface area (Å²) in [6.07, 6.45) is 0. The van der Waals surface area contributed by atoms with E-state index in [-0.39, 0.29) is 12.6 Å². The van der Waals surface area contributed by atoms with Gasteiger partial charge in [-0.05, 0) is 20.8 Å². The van der Waals surface area contributed by atoms with Crippen molar-refractivity contribution in [2.24, 2.45) is 0 Å². The van der Waals surface area contributed by atoms with E-state index in [2.05, 4.69) is 4.98 Å². The van der Waals surface area contributed by atoms with Gasteiger partial charge in [0.25, 0.3) is 0 Å². The van der Waals surface area contributed by atoms with Crippen LogP contribution in [0.4, 0.5) is 0 Å². The molecule has 0 radical (unpaired) electrons. The van der Waals surface area contributed by atoms with E-state index in [1.54, 1.807) is 7.11 Å². The fourth-order valence-electron chi connectivity index (χ4n) is 1.56. The molecule has 1 rings (SSSR count). The van der Waals surface area contributed by atoms with Crippen LogP contribution in [-0.2, 0) is 16.1 Å². The molecule has 1 aromatic rings. The van der Waals surface area contributed by atoms with Crippen molar-refractivity contribution in [3.63, 3.8) is 0 Å². The second-order valence-electron chi connectivity index (χ2n) is 3.71. The lowest BCUT2D eigenvalue weighted by atomic mass is 10.1. The highest BCUT2D eigenvalue weighted by molar-refractivity contribution is 5.66. The number of ether oxygens (including phenoxy) is 2. The standard InChI is InChI=1S/C12H17NO3/c1-7-9(3)13-11(6-16-10(4)14)8(2)12(7)15-5/h6H2,1-5H3. The maximum absolute atomic E-state index is 10.8. The second kappa shape index (κ2) is 4.96. The maximum Gasteiger partial charge on any atom is 0.303 e. The highest BCUT2D eigenvalue weighted by Gasteiger charge is 2.13. The van der Waals surface area contributed by atoms with Crippen molar-refractivity contribution in [2.45, 2.75) is 34.3 Å². The first-order valence-corrected chi connectivity index (χ1v) is 5.11. The van der Waals surface area contributed by atoms with E-state index in [1.165, 1.54) is 6.92 Å². The van der Waals surface area contributed by atoms with Gasteiger partial charge in [-0.25, -0.2) is 0 Å². The summed E-state index contributed by atoms with van der Waals surface area (Å²) >= 11 is 0. The molecule has 4 nitrogen and oxygen atoms in total. The van der Waals surface area contributed by atoms with Crippen LogP contribution in [0.5, 0.6) is 5.75 Å². The number of esters is 1. The van der Waals surface area contributed by atoms with E-state index in [0.29, 0.717) is 0 Å². The quantitative estimate of drug-likeness (QED) is 0.736. The molecule has 0 aromatic carbocycles. The van der Waals surface area contributed by atoms with Gasteiger partial charge >= 0.3 is 5.97 Å². The molecule has 0 unspecified atom stereocenters. The summed E-state index contributed by atoms with van der Waals surface area (Å²) in [5.41, 5.74) is 3.58. The van der Waals surface area contributed by atoms with Gasteiger partial charge in [0.05, 0.1) is 12.8 Å². The Labute approximate surface area is 95.6 Å². The molecule has 0 fully saturated rings. The molecule has 0 saturated heterocycles. The molecule has 0 saturated carbocycles. The number of hydrogen-bond donors (Lipinski definition) is 0. The molecule has 0 aliphatic rings. The minimum Gasteiger partial charge on any atom is -0.496 e. The lowest BCUT2D eigenvalue weighted by Crippen LogP contribution is -2.07. The molecule has 0 spiro atoms. The van der Waals surface area contributed by atoms with Crippen LogP contribution in [0.3, 0.4) is 0 Å². The summed E-state index contributed by atoms with van der Waals surface area (Å²) in [4.78, 5) is 15.1. The number of carbonyl (C=O) groups is 1. The molecule has 88 valence electrons. The van der Waals surface area contributed by atoms with Gasteiger partial charge < -0.3 is 9.47 Å². The van der Waals surface area contributed by atoms with Crippen LogP contribution in [0.15, 0.2) is 0 Å². The van der Waals surface area contributed by atoms with E-state index >= 15 is 0 Å². The predicted molar refractivity (Wildman–Crippen MR) is 60.5 cm³/mol.